The van der Waals surface area contributed by atoms with Crippen LogP contribution in [-0.2, 0) is 4.79 Å². The van der Waals surface area contributed by atoms with E-state index in [0.717, 1.165) is 0 Å². The van der Waals surface area contributed by atoms with E-state index in [1.165, 1.54) is 21.1 Å². The molecule has 1 aromatic rings. The van der Waals surface area contributed by atoms with Gasteiger partial charge in [0.25, 0.3) is 5.91 Å². The minimum absolute atomic E-state index is 0.348. The van der Waals surface area contributed by atoms with E-state index in [9.17, 15) is 14.7 Å². The average molecular weight is 309 g/mol. The Morgan fingerprint density at radius 2 is 1.77 bits per heavy atom. The van der Waals surface area contributed by atoms with Crippen LogP contribution in [0.2, 0.25) is 0 Å². The van der Waals surface area contributed by atoms with Crippen molar-refractivity contribution in [3.05, 3.63) is 23.3 Å². The summed E-state index contributed by atoms with van der Waals surface area (Å²) in [6.45, 7) is 5.14. The fraction of sp³-hybridized carbons (Fsp3) is 0.500. The third-order valence-electron chi connectivity index (χ3n) is 3.59. The Bertz CT molecular complexity index is 570. The molecule has 0 bridgehead atoms. The van der Waals surface area contributed by atoms with Gasteiger partial charge in [-0.3, -0.25) is 4.79 Å². The number of hydrogen-bond donors (Lipinski definition) is 2. The molecular formula is C16H23NO5. The summed E-state index contributed by atoms with van der Waals surface area (Å²) in [5.74, 6) is -0.561. The molecule has 0 aromatic heterocycles. The number of benzene rings is 1. The first-order valence-electron chi connectivity index (χ1n) is 7.07. The molecular weight excluding hydrogens is 286 g/mol. The number of aryl methyl sites for hydroxylation is 1. The standard InChI is InChI=1S/C16H23NO5/c1-6-7-16(3,15(19)20)17-14(18)11-9-13(22-5)12(21-4)8-10(11)2/h8-9H,6-7H2,1-5H3,(H,17,18)(H,19,20). The predicted molar refractivity (Wildman–Crippen MR) is 82.7 cm³/mol. The van der Waals surface area contributed by atoms with Crippen molar-refractivity contribution in [2.24, 2.45) is 0 Å². The number of ether oxygens (including phenoxy) is 2. The molecule has 0 saturated heterocycles. The third-order valence-corrected chi connectivity index (χ3v) is 3.59. The zero-order valence-corrected chi connectivity index (χ0v) is 13.6. The highest BCUT2D eigenvalue weighted by Gasteiger charge is 2.34. The highest BCUT2D eigenvalue weighted by Crippen LogP contribution is 2.30. The number of methoxy groups -OCH3 is 2. The van der Waals surface area contributed by atoms with Gasteiger partial charge in [0.15, 0.2) is 11.5 Å². The Balaban J connectivity index is 3.15. The van der Waals surface area contributed by atoms with Gasteiger partial charge in [-0.25, -0.2) is 4.79 Å². The van der Waals surface area contributed by atoms with E-state index in [0.29, 0.717) is 35.5 Å². The molecule has 0 radical (unpaired) electrons. The molecule has 0 aliphatic rings. The van der Waals surface area contributed by atoms with Gasteiger partial charge in [0.2, 0.25) is 0 Å². The molecule has 0 fully saturated rings. The van der Waals surface area contributed by atoms with Crippen LogP contribution in [0.15, 0.2) is 12.1 Å². The zero-order valence-electron chi connectivity index (χ0n) is 13.6. The van der Waals surface area contributed by atoms with Crippen LogP contribution in [0.4, 0.5) is 0 Å². The van der Waals surface area contributed by atoms with Gasteiger partial charge in [-0.2, -0.15) is 0 Å². The summed E-state index contributed by atoms with van der Waals surface area (Å²) in [5.41, 5.74) is -0.258. The summed E-state index contributed by atoms with van der Waals surface area (Å²) < 4.78 is 10.4. The number of rotatable bonds is 7. The zero-order chi connectivity index (χ0) is 16.9. The number of aliphatic carboxylic acids is 1. The highest BCUT2D eigenvalue weighted by atomic mass is 16.5. The van der Waals surface area contributed by atoms with Gasteiger partial charge < -0.3 is 19.9 Å². The van der Waals surface area contributed by atoms with Crippen molar-refractivity contribution in [2.75, 3.05) is 14.2 Å². The molecule has 1 rings (SSSR count). The van der Waals surface area contributed by atoms with Gasteiger partial charge in [0.05, 0.1) is 14.2 Å². The third kappa shape index (κ3) is 3.69. The molecule has 0 aliphatic carbocycles. The molecule has 1 atom stereocenters. The number of carboxylic acids is 1. The number of amides is 1. The minimum atomic E-state index is -1.30. The Morgan fingerprint density at radius 3 is 2.23 bits per heavy atom. The number of hydrogen-bond acceptors (Lipinski definition) is 4. The Labute approximate surface area is 130 Å². The number of nitrogens with one attached hydrogen (secondary N) is 1. The topological polar surface area (TPSA) is 84.9 Å². The summed E-state index contributed by atoms with van der Waals surface area (Å²) in [6.07, 6.45) is 0.994. The van der Waals surface area contributed by atoms with Crippen LogP contribution in [0.1, 0.15) is 42.6 Å². The lowest BCUT2D eigenvalue weighted by molar-refractivity contribution is -0.144. The number of carbonyl (C=O) groups excluding carboxylic acids is 1. The van der Waals surface area contributed by atoms with E-state index in [1.807, 2.05) is 6.92 Å². The quantitative estimate of drug-likeness (QED) is 0.808. The van der Waals surface area contributed by atoms with Gasteiger partial charge in [-0.15, -0.1) is 0 Å². The molecule has 1 amide bonds. The lowest BCUT2D eigenvalue weighted by Crippen LogP contribution is -2.52. The number of carbonyl (C=O) groups is 2. The van der Waals surface area contributed by atoms with Crippen molar-refractivity contribution in [1.29, 1.82) is 0 Å². The lowest BCUT2D eigenvalue weighted by Gasteiger charge is -2.26. The first-order chi connectivity index (χ1) is 10.3. The SMILES string of the molecule is CCCC(C)(NC(=O)c1cc(OC)c(OC)cc1C)C(=O)O. The summed E-state index contributed by atoms with van der Waals surface area (Å²) in [5, 5.41) is 12.0. The van der Waals surface area contributed by atoms with Gasteiger partial charge in [-0.1, -0.05) is 13.3 Å². The van der Waals surface area contributed by atoms with E-state index in [1.54, 1.807) is 19.1 Å². The van der Waals surface area contributed by atoms with Crippen LogP contribution in [0.25, 0.3) is 0 Å². The molecule has 0 spiro atoms. The first kappa shape index (κ1) is 17.8. The second kappa shape index (κ2) is 7.15. The maximum atomic E-state index is 12.5. The highest BCUT2D eigenvalue weighted by molar-refractivity contribution is 5.99. The Hall–Kier alpha value is -2.24. The monoisotopic (exact) mass is 309 g/mol. The van der Waals surface area contributed by atoms with E-state index in [-0.39, 0.29) is 0 Å². The van der Waals surface area contributed by atoms with E-state index in [4.69, 9.17) is 9.47 Å². The van der Waals surface area contributed by atoms with Crippen molar-refractivity contribution < 1.29 is 24.2 Å². The van der Waals surface area contributed by atoms with Crippen molar-refractivity contribution in [2.45, 2.75) is 39.2 Å². The smallest absolute Gasteiger partial charge is 0.329 e. The molecule has 0 heterocycles. The molecule has 1 unspecified atom stereocenters. The summed E-state index contributed by atoms with van der Waals surface area (Å²) in [7, 11) is 2.99. The average Bonchev–Trinajstić information content (AvgIpc) is 2.46. The molecule has 6 nitrogen and oxygen atoms in total. The van der Waals surface area contributed by atoms with Crippen LogP contribution in [0, 0.1) is 6.92 Å². The van der Waals surface area contributed by atoms with Gasteiger partial charge in [0.1, 0.15) is 5.54 Å². The Kier molecular flexibility index (Phi) is 5.79. The van der Waals surface area contributed by atoms with Gasteiger partial charge in [0, 0.05) is 5.56 Å². The molecule has 6 heteroatoms. The predicted octanol–water partition coefficient (Wildman–Crippen LogP) is 2.39. The minimum Gasteiger partial charge on any atom is -0.493 e. The molecule has 22 heavy (non-hydrogen) atoms. The normalized spacial score (nSPS) is 13.1. The summed E-state index contributed by atoms with van der Waals surface area (Å²) >= 11 is 0. The fourth-order valence-corrected chi connectivity index (χ4v) is 2.27. The lowest BCUT2D eigenvalue weighted by atomic mass is 9.95. The van der Waals surface area contributed by atoms with Crippen molar-refractivity contribution >= 4 is 11.9 Å². The second-order valence-corrected chi connectivity index (χ2v) is 5.36. The molecule has 0 saturated carbocycles. The number of carboxylic acid groups (broad SMARTS) is 1. The molecule has 122 valence electrons. The maximum absolute atomic E-state index is 12.5. The van der Waals surface area contributed by atoms with Crippen LogP contribution in [-0.4, -0.2) is 36.7 Å². The maximum Gasteiger partial charge on any atom is 0.329 e. The molecule has 0 aliphatic heterocycles. The van der Waals surface area contributed by atoms with Crippen molar-refractivity contribution in [1.82, 2.24) is 5.32 Å². The van der Waals surface area contributed by atoms with Crippen LogP contribution < -0.4 is 14.8 Å². The molecule has 1 aromatic carbocycles. The van der Waals surface area contributed by atoms with Crippen molar-refractivity contribution in [3.63, 3.8) is 0 Å². The summed E-state index contributed by atoms with van der Waals surface area (Å²) in [6, 6.07) is 3.24. The summed E-state index contributed by atoms with van der Waals surface area (Å²) in [4.78, 5) is 23.9. The second-order valence-electron chi connectivity index (χ2n) is 5.36. The first-order valence-corrected chi connectivity index (χ1v) is 7.07. The fourth-order valence-electron chi connectivity index (χ4n) is 2.27. The van der Waals surface area contributed by atoms with E-state index in [2.05, 4.69) is 5.32 Å². The van der Waals surface area contributed by atoms with E-state index < -0.39 is 17.4 Å². The molecule has 2 N–H and O–H groups in total. The Morgan fingerprint density at radius 1 is 1.23 bits per heavy atom. The van der Waals surface area contributed by atoms with Crippen LogP contribution in [0.5, 0.6) is 11.5 Å². The largest absolute Gasteiger partial charge is 0.493 e. The van der Waals surface area contributed by atoms with E-state index >= 15 is 0 Å². The van der Waals surface area contributed by atoms with Crippen molar-refractivity contribution in [3.8, 4) is 11.5 Å². The van der Waals surface area contributed by atoms with Crippen LogP contribution >= 0.6 is 0 Å². The van der Waals surface area contributed by atoms with Gasteiger partial charge >= 0.3 is 5.97 Å². The van der Waals surface area contributed by atoms with Crippen LogP contribution in [0.3, 0.4) is 0 Å². The van der Waals surface area contributed by atoms with Gasteiger partial charge in [-0.05, 0) is 38.0 Å².